The van der Waals surface area contributed by atoms with Crippen LogP contribution in [0, 0.1) is 12.7 Å². The van der Waals surface area contributed by atoms with Gasteiger partial charge in [-0.05, 0) is 49.2 Å². The maximum Gasteiger partial charge on any atom is 0.146 e. The Bertz CT molecular complexity index is 805. The fourth-order valence-electron chi connectivity index (χ4n) is 2.58. The highest BCUT2D eigenvalue weighted by molar-refractivity contribution is 5.81. The van der Waals surface area contributed by atoms with Crippen molar-refractivity contribution >= 4 is 16.7 Å². The summed E-state index contributed by atoms with van der Waals surface area (Å²) in [6.07, 6.45) is 0.990. The highest BCUT2D eigenvalue weighted by Crippen LogP contribution is 2.27. The predicted octanol–water partition coefficient (Wildman–Crippen LogP) is 4.14. The van der Waals surface area contributed by atoms with Gasteiger partial charge in [-0.3, -0.25) is 0 Å². The molecule has 0 aliphatic carbocycles. The SMILES string of the molecule is CCCn1c(-c2ccc(N)c(F)c2)nc2cc(C)ccc21. The Hall–Kier alpha value is -2.36. The van der Waals surface area contributed by atoms with Gasteiger partial charge in [0.15, 0.2) is 0 Å². The molecule has 21 heavy (non-hydrogen) atoms. The van der Waals surface area contributed by atoms with Gasteiger partial charge >= 0.3 is 0 Å². The van der Waals surface area contributed by atoms with E-state index < -0.39 is 5.82 Å². The van der Waals surface area contributed by atoms with Crippen LogP contribution in [0.2, 0.25) is 0 Å². The highest BCUT2D eigenvalue weighted by Gasteiger charge is 2.13. The van der Waals surface area contributed by atoms with Crippen molar-refractivity contribution in [2.24, 2.45) is 0 Å². The zero-order chi connectivity index (χ0) is 15.0. The minimum Gasteiger partial charge on any atom is -0.396 e. The molecule has 2 N–H and O–H groups in total. The summed E-state index contributed by atoms with van der Waals surface area (Å²) in [6, 6.07) is 11.1. The quantitative estimate of drug-likeness (QED) is 0.734. The molecule has 1 heterocycles. The fraction of sp³-hybridized carbons (Fsp3) is 0.235. The van der Waals surface area contributed by atoms with Crippen LogP contribution in [0.3, 0.4) is 0 Å². The highest BCUT2D eigenvalue weighted by atomic mass is 19.1. The van der Waals surface area contributed by atoms with Gasteiger partial charge in [-0.25, -0.2) is 9.37 Å². The number of imidazole rings is 1. The summed E-state index contributed by atoms with van der Waals surface area (Å²) in [5.41, 5.74) is 9.65. The van der Waals surface area contributed by atoms with E-state index >= 15 is 0 Å². The van der Waals surface area contributed by atoms with Crippen molar-refractivity contribution in [1.82, 2.24) is 9.55 Å². The Morgan fingerprint density at radius 1 is 1.19 bits per heavy atom. The van der Waals surface area contributed by atoms with Crippen molar-refractivity contribution in [3.8, 4) is 11.4 Å². The van der Waals surface area contributed by atoms with Gasteiger partial charge in [0.1, 0.15) is 11.6 Å². The van der Waals surface area contributed by atoms with Gasteiger partial charge in [-0.1, -0.05) is 13.0 Å². The van der Waals surface area contributed by atoms with Crippen LogP contribution in [0.15, 0.2) is 36.4 Å². The second-order valence-electron chi connectivity index (χ2n) is 5.32. The summed E-state index contributed by atoms with van der Waals surface area (Å²) in [6.45, 7) is 5.01. The van der Waals surface area contributed by atoms with Crippen molar-refractivity contribution in [1.29, 1.82) is 0 Å². The van der Waals surface area contributed by atoms with Crippen LogP contribution in [0.5, 0.6) is 0 Å². The number of rotatable bonds is 3. The first-order valence-electron chi connectivity index (χ1n) is 7.12. The number of nitrogens with two attached hydrogens (primary N) is 1. The minimum atomic E-state index is -0.404. The smallest absolute Gasteiger partial charge is 0.146 e. The molecule has 0 aliphatic heterocycles. The number of fused-ring (bicyclic) bond motifs is 1. The van der Waals surface area contributed by atoms with E-state index in [4.69, 9.17) is 5.73 Å². The van der Waals surface area contributed by atoms with E-state index in [2.05, 4.69) is 34.7 Å². The van der Waals surface area contributed by atoms with Crippen molar-refractivity contribution in [3.63, 3.8) is 0 Å². The summed E-state index contributed by atoms with van der Waals surface area (Å²) >= 11 is 0. The van der Waals surface area contributed by atoms with E-state index in [1.807, 2.05) is 13.0 Å². The molecule has 2 aromatic carbocycles. The van der Waals surface area contributed by atoms with E-state index in [0.717, 1.165) is 35.4 Å². The third-order valence-corrected chi connectivity index (χ3v) is 3.61. The molecule has 4 heteroatoms. The first kappa shape index (κ1) is 13.6. The molecule has 108 valence electrons. The fourth-order valence-corrected chi connectivity index (χ4v) is 2.58. The van der Waals surface area contributed by atoms with Crippen LogP contribution in [-0.2, 0) is 6.54 Å². The van der Waals surface area contributed by atoms with Gasteiger partial charge in [0, 0.05) is 12.1 Å². The van der Waals surface area contributed by atoms with Crippen LogP contribution < -0.4 is 5.73 Å². The van der Waals surface area contributed by atoms with Gasteiger partial charge in [0.2, 0.25) is 0 Å². The number of nitrogens with zero attached hydrogens (tertiary/aromatic N) is 2. The number of aromatic nitrogens is 2. The first-order valence-corrected chi connectivity index (χ1v) is 7.12. The molecule has 0 amide bonds. The second kappa shape index (κ2) is 5.20. The Labute approximate surface area is 123 Å². The Balaban J connectivity index is 2.24. The van der Waals surface area contributed by atoms with E-state index in [0.29, 0.717) is 0 Å². The number of aryl methyl sites for hydroxylation is 2. The molecule has 0 atom stereocenters. The van der Waals surface area contributed by atoms with Crippen molar-refractivity contribution in [3.05, 3.63) is 47.8 Å². The van der Waals surface area contributed by atoms with Gasteiger partial charge in [-0.2, -0.15) is 0 Å². The molecule has 0 saturated heterocycles. The van der Waals surface area contributed by atoms with Crippen molar-refractivity contribution < 1.29 is 4.39 Å². The van der Waals surface area contributed by atoms with Crippen LogP contribution in [0.25, 0.3) is 22.4 Å². The molecular weight excluding hydrogens is 265 g/mol. The normalized spacial score (nSPS) is 11.2. The maximum atomic E-state index is 13.7. The van der Waals surface area contributed by atoms with Crippen LogP contribution in [0.1, 0.15) is 18.9 Å². The summed E-state index contributed by atoms with van der Waals surface area (Å²) in [4.78, 5) is 4.69. The minimum absolute atomic E-state index is 0.160. The lowest BCUT2D eigenvalue weighted by molar-refractivity contribution is 0.632. The molecular formula is C17H18FN3. The van der Waals surface area contributed by atoms with E-state index in [-0.39, 0.29) is 5.69 Å². The van der Waals surface area contributed by atoms with Crippen LogP contribution in [0.4, 0.5) is 10.1 Å². The third-order valence-electron chi connectivity index (χ3n) is 3.61. The third kappa shape index (κ3) is 2.37. The van der Waals surface area contributed by atoms with E-state index in [1.165, 1.54) is 11.6 Å². The average molecular weight is 283 g/mol. The summed E-state index contributed by atoms with van der Waals surface area (Å²) in [5, 5.41) is 0. The number of anilines is 1. The molecule has 1 aromatic heterocycles. The monoisotopic (exact) mass is 283 g/mol. The molecule has 0 radical (unpaired) electrons. The maximum absolute atomic E-state index is 13.7. The lowest BCUT2D eigenvalue weighted by Gasteiger charge is -2.08. The molecule has 0 unspecified atom stereocenters. The van der Waals surface area contributed by atoms with Crippen molar-refractivity contribution in [2.45, 2.75) is 26.8 Å². The Morgan fingerprint density at radius 2 is 2.00 bits per heavy atom. The van der Waals surface area contributed by atoms with Gasteiger partial charge in [0.05, 0.1) is 16.7 Å². The molecule has 0 bridgehead atoms. The molecule has 0 spiro atoms. The van der Waals surface area contributed by atoms with Crippen LogP contribution in [-0.4, -0.2) is 9.55 Å². The standard InChI is InChI=1S/C17H18FN3/c1-3-8-21-16-7-4-11(2)9-15(16)20-17(21)12-5-6-14(19)13(18)10-12/h4-7,9-10H,3,8,19H2,1-2H3. The number of nitrogen functional groups attached to an aromatic ring is 1. The number of hydrogen-bond acceptors (Lipinski definition) is 2. The average Bonchev–Trinajstić information content (AvgIpc) is 2.80. The second-order valence-corrected chi connectivity index (χ2v) is 5.32. The molecule has 3 nitrogen and oxygen atoms in total. The van der Waals surface area contributed by atoms with Gasteiger partial charge < -0.3 is 10.3 Å². The Morgan fingerprint density at radius 3 is 2.71 bits per heavy atom. The first-order chi connectivity index (χ1) is 10.1. The van der Waals surface area contributed by atoms with Crippen molar-refractivity contribution in [2.75, 3.05) is 5.73 Å². The van der Waals surface area contributed by atoms with Gasteiger partial charge in [0.25, 0.3) is 0 Å². The molecule has 0 fully saturated rings. The molecule has 0 saturated carbocycles. The number of halogens is 1. The zero-order valence-corrected chi connectivity index (χ0v) is 12.2. The largest absolute Gasteiger partial charge is 0.396 e. The zero-order valence-electron chi connectivity index (χ0n) is 12.2. The van der Waals surface area contributed by atoms with E-state index in [1.54, 1.807) is 6.07 Å². The molecule has 3 aromatic rings. The lowest BCUT2D eigenvalue weighted by atomic mass is 10.2. The summed E-state index contributed by atoms with van der Waals surface area (Å²) in [5.74, 6) is 0.384. The molecule has 3 rings (SSSR count). The number of hydrogen-bond donors (Lipinski definition) is 1. The number of benzene rings is 2. The summed E-state index contributed by atoms with van der Waals surface area (Å²) < 4.78 is 15.9. The van der Waals surface area contributed by atoms with Gasteiger partial charge in [-0.15, -0.1) is 0 Å². The summed E-state index contributed by atoms with van der Waals surface area (Å²) in [7, 11) is 0. The van der Waals surface area contributed by atoms with Crippen LogP contribution >= 0.6 is 0 Å². The predicted molar refractivity (Wildman–Crippen MR) is 84.6 cm³/mol. The lowest BCUT2D eigenvalue weighted by Crippen LogP contribution is -2.00. The molecule has 0 aliphatic rings. The topological polar surface area (TPSA) is 43.8 Å². The Kier molecular flexibility index (Phi) is 3.37. The van der Waals surface area contributed by atoms with E-state index in [9.17, 15) is 4.39 Å².